The summed E-state index contributed by atoms with van der Waals surface area (Å²) in [5.41, 5.74) is 0.138. The second kappa shape index (κ2) is 9.36. The average Bonchev–Trinajstić information content (AvgIpc) is 2.71. The zero-order chi connectivity index (χ0) is 23.4. The number of rotatable bonds is 7. The van der Waals surface area contributed by atoms with Crippen LogP contribution in [-0.2, 0) is 10.0 Å². The van der Waals surface area contributed by atoms with E-state index in [2.05, 4.69) is 10.1 Å². The van der Waals surface area contributed by atoms with Crippen LogP contribution >= 0.6 is 0 Å². The Bertz CT molecular complexity index is 1090. The second-order valence-electron chi connectivity index (χ2n) is 6.82. The molecular weight excluding hydrogens is 435 g/mol. The number of carbonyl (C=O) groups excluding carboxylic acids is 1. The molecule has 1 amide bonds. The van der Waals surface area contributed by atoms with Gasteiger partial charge in [-0.25, -0.2) is 8.42 Å². The Morgan fingerprint density at radius 1 is 1.19 bits per heavy atom. The number of carbonyl (C=O) groups is 1. The lowest BCUT2D eigenvalue weighted by Crippen LogP contribution is -2.33. The van der Waals surface area contributed by atoms with Gasteiger partial charge in [0.05, 0.1) is 10.5 Å². The third kappa shape index (κ3) is 6.19. The number of hydrogen-bond acceptors (Lipinski definition) is 5. The Hall–Kier alpha value is -3.10. The van der Waals surface area contributed by atoms with Crippen LogP contribution in [0.15, 0.2) is 47.4 Å². The Morgan fingerprint density at radius 2 is 1.81 bits per heavy atom. The summed E-state index contributed by atoms with van der Waals surface area (Å²) < 4.78 is 67.6. The number of nitriles is 1. The average molecular weight is 455 g/mol. The van der Waals surface area contributed by atoms with E-state index in [4.69, 9.17) is 5.26 Å². The quantitative estimate of drug-likeness (QED) is 0.685. The van der Waals surface area contributed by atoms with Gasteiger partial charge in [0.25, 0.3) is 5.91 Å². The van der Waals surface area contributed by atoms with E-state index in [1.807, 2.05) is 0 Å². The molecule has 0 aliphatic rings. The van der Waals surface area contributed by atoms with E-state index in [-0.39, 0.29) is 33.5 Å². The molecule has 31 heavy (non-hydrogen) atoms. The Labute approximate surface area is 178 Å². The van der Waals surface area contributed by atoms with Crippen LogP contribution in [0, 0.1) is 11.3 Å². The van der Waals surface area contributed by atoms with Gasteiger partial charge in [0.15, 0.2) is 6.61 Å². The Balaban J connectivity index is 2.16. The number of hydrogen-bond donors (Lipinski definition) is 1. The highest BCUT2D eigenvalue weighted by atomic mass is 32.2. The monoisotopic (exact) mass is 455 g/mol. The van der Waals surface area contributed by atoms with Gasteiger partial charge in [-0.2, -0.15) is 22.7 Å². The zero-order valence-electron chi connectivity index (χ0n) is 16.9. The maximum absolute atomic E-state index is 12.5. The summed E-state index contributed by atoms with van der Waals surface area (Å²) in [5, 5.41) is 11.6. The van der Waals surface area contributed by atoms with Crippen LogP contribution in [0.1, 0.15) is 29.8 Å². The highest BCUT2D eigenvalue weighted by Gasteiger charge is 2.29. The molecule has 0 aliphatic heterocycles. The van der Waals surface area contributed by atoms with Gasteiger partial charge in [0.1, 0.15) is 11.8 Å². The SMILES string of the molecule is CC(C)N(C)S(=O)(=O)c1ccc(C(=O)Nc2ccc(OCC(F)(F)F)c(C#N)c2)cc1. The summed E-state index contributed by atoms with van der Waals surface area (Å²) in [6, 6.07) is 10.4. The van der Waals surface area contributed by atoms with Gasteiger partial charge in [0, 0.05) is 24.3 Å². The summed E-state index contributed by atoms with van der Waals surface area (Å²) in [5.74, 6) is -0.851. The van der Waals surface area contributed by atoms with Gasteiger partial charge in [-0.05, 0) is 56.3 Å². The minimum absolute atomic E-state index is 0.0261. The highest BCUT2D eigenvalue weighted by Crippen LogP contribution is 2.25. The van der Waals surface area contributed by atoms with E-state index in [1.165, 1.54) is 47.8 Å². The number of amides is 1. The molecule has 0 saturated heterocycles. The van der Waals surface area contributed by atoms with Gasteiger partial charge in [-0.1, -0.05) is 0 Å². The van der Waals surface area contributed by atoms with E-state index in [0.29, 0.717) is 0 Å². The highest BCUT2D eigenvalue weighted by molar-refractivity contribution is 7.89. The molecule has 2 aromatic carbocycles. The lowest BCUT2D eigenvalue weighted by atomic mass is 10.1. The fourth-order valence-corrected chi connectivity index (χ4v) is 3.77. The molecule has 7 nitrogen and oxygen atoms in total. The van der Waals surface area contributed by atoms with Crippen LogP contribution in [0.2, 0.25) is 0 Å². The van der Waals surface area contributed by atoms with Crippen LogP contribution in [0.3, 0.4) is 0 Å². The van der Waals surface area contributed by atoms with Gasteiger partial charge in [-0.15, -0.1) is 0 Å². The van der Waals surface area contributed by atoms with Gasteiger partial charge in [0.2, 0.25) is 10.0 Å². The lowest BCUT2D eigenvalue weighted by Gasteiger charge is -2.21. The summed E-state index contributed by atoms with van der Waals surface area (Å²) >= 11 is 0. The molecule has 0 aromatic heterocycles. The Morgan fingerprint density at radius 3 is 2.32 bits per heavy atom. The van der Waals surface area contributed by atoms with Crippen molar-refractivity contribution in [1.82, 2.24) is 4.31 Å². The topological polar surface area (TPSA) is 99.5 Å². The van der Waals surface area contributed by atoms with Crippen LogP contribution in [0.5, 0.6) is 5.75 Å². The standard InChI is InChI=1S/C20H20F3N3O4S/c1-13(2)26(3)31(28,29)17-7-4-14(5-8-17)19(27)25-16-6-9-18(15(10-16)11-24)30-12-20(21,22)23/h4-10,13H,12H2,1-3H3,(H,25,27). The van der Waals surface area contributed by atoms with E-state index in [0.717, 1.165) is 6.07 Å². The van der Waals surface area contributed by atoms with E-state index in [1.54, 1.807) is 19.9 Å². The fraction of sp³-hybridized carbons (Fsp3) is 0.300. The van der Waals surface area contributed by atoms with Crippen LogP contribution in [0.4, 0.5) is 18.9 Å². The molecule has 0 saturated carbocycles. The molecule has 2 aromatic rings. The molecule has 0 atom stereocenters. The van der Waals surface area contributed by atoms with Crippen LogP contribution in [-0.4, -0.2) is 44.5 Å². The first-order chi connectivity index (χ1) is 14.3. The molecule has 1 N–H and O–H groups in total. The molecular formula is C20H20F3N3O4S. The molecule has 0 aliphatic carbocycles. The van der Waals surface area contributed by atoms with Gasteiger partial charge in [-0.3, -0.25) is 4.79 Å². The van der Waals surface area contributed by atoms with Crippen molar-refractivity contribution in [3.8, 4) is 11.8 Å². The second-order valence-corrected chi connectivity index (χ2v) is 8.82. The lowest BCUT2D eigenvalue weighted by molar-refractivity contribution is -0.153. The van der Waals surface area contributed by atoms with Crippen LogP contribution < -0.4 is 10.1 Å². The van der Waals surface area contributed by atoms with Crippen molar-refractivity contribution < 1.29 is 31.1 Å². The molecule has 0 unspecified atom stereocenters. The summed E-state index contributed by atoms with van der Waals surface area (Å²) in [7, 11) is -2.24. The van der Waals surface area contributed by atoms with Crippen molar-refractivity contribution in [1.29, 1.82) is 5.26 Å². The summed E-state index contributed by atoms with van der Waals surface area (Å²) in [6.45, 7) is 1.91. The number of nitrogens with zero attached hydrogens (tertiary/aromatic N) is 2. The predicted molar refractivity (Wildman–Crippen MR) is 107 cm³/mol. The predicted octanol–water partition coefficient (Wildman–Crippen LogP) is 3.78. The Kier molecular flexibility index (Phi) is 7.30. The van der Waals surface area contributed by atoms with Crippen molar-refractivity contribution in [2.24, 2.45) is 0 Å². The molecule has 11 heteroatoms. The van der Waals surface area contributed by atoms with E-state index in [9.17, 15) is 26.4 Å². The zero-order valence-corrected chi connectivity index (χ0v) is 17.7. The van der Waals surface area contributed by atoms with Crippen molar-refractivity contribution in [2.45, 2.75) is 31.0 Å². The molecule has 0 fully saturated rings. The van der Waals surface area contributed by atoms with E-state index < -0.39 is 28.7 Å². The first-order valence-corrected chi connectivity index (χ1v) is 10.4. The largest absolute Gasteiger partial charge is 0.483 e. The summed E-state index contributed by atoms with van der Waals surface area (Å²) in [4.78, 5) is 12.5. The first kappa shape index (κ1) is 24.2. The van der Waals surface area contributed by atoms with Crippen molar-refractivity contribution in [3.63, 3.8) is 0 Å². The normalized spacial score (nSPS) is 12.0. The molecule has 2 rings (SSSR count). The maximum atomic E-state index is 12.5. The fourth-order valence-electron chi connectivity index (χ4n) is 2.41. The van der Waals surface area contributed by atoms with Crippen LogP contribution in [0.25, 0.3) is 0 Å². The van der Waals surface area contributed by atoms with Gasteiger partial charge < -0.3 is 10.1 Å². The first-order valence-electron chi connectivity index (χ1n) is 8.98. The number of alkyl halides is 3. The minimum Gasteiger partial charge on any atom is -0.483 e. The third-order valence-corrected chi connectivity index (χ3v) is 6.32. The molecule has 166 valence electrons. The smallest absolute Gasteiger partial charge is 0.422 e. The molecule has 0 heterocycles. The summed E-state index contributed by atoms with van der Waals surface area (Å²) in [6.07, 6.45) is -4.55. The van der Waals surface area contributed by atoms with Gasteiger partial charge >= 0.3 is 6.18 Å². The molecule has 0 radical (unpaired) electrons. The third-order valence-electron chi connectivity index (χ3n) is 4.27. The molecule has 0 bridgehead atoms. The number of nitrogens with one attached hydrogen (secondary N) is 1. The maximum Gasteiger partial charge on any atom is 0.422 e. The number of sulfonamides is 1. The number of halogens is 3. The van der Waals surface area contributed by atoms with Crippen molar-refractivity contribution in [3.05, 3.63) is 53.6 Å². The number of benzene rings is 2. The van der Waals surface area contributed by atoms with E-state index >= 15 is 0 Å². The molecule has 0 spiro atoms. The van der Waals surface area contributed by atoms with Crippen molar-refractivity contribution in [2.75, 3.05) is 19.0 Å². The van der Waals surface area contributed by atoms with Crippen molar-refractivity contribution >= 4 is 21.6 Å². The minimum atomic E-state index is -4.55. The number of anilines is 1. The number of ether oxygens (including phenoxy) is 1.